The van der Waals surface area contributed by atoms with Crippen molar-refractivity contribution in [3.05, 3.63) is 0 Å². The van der Waals surface area contributed by atoms with Gasteiger partial charge in [-0.15, -0.1) is 0 Å². The predicted octanol–water partition coefficient (Wildman–Crippen LogP) is 0.825. The molecule has 4 heteroatoms. The molecule has 2 atom stereocenters. The second-order valence-electron chi connectivity index (χ2n) is 6.02. The molecule has 0 spiro atoms. The fourth-order valence-electron chi connectivity index (χ4n) is 3.66. The lowest BCUT2D eigenvalue weighted by molar-refractivity contribution is -0.134. The summed E-state index contributed by atoms with van der Waals surface area (Å²) < 4.78 is 0. The van der Waals surface area contributed by atoms with E-state index in [-0.39, 0.29) is 0 Å². The van der Waals surface area contributed by atoms with E-state index in [1.54, 1.807) is 0 Å². The van der Waals surface area contributed by atoms with E-state index >= 15 is 0 Å². The maximum absolute atomic E-state index is 12.3. The van der Waals surface area contributed by atoms with Crippen LogP contribution in [0.5, 0.6) is 0 Å². The molecular formula is C14H25N3O. The Kier molecular flexibility index (Phi) is 3.85. The third-order valence-corrected chi connectivity index (χ3v) is 4.77. The van der Waals surface area contributed by atoms with E-state index in [1.165, 1.54) is 38.6 Å². The van der Waals surface area contributed by atoms with Crippen LogP contribution in [0.1, 0.15) is 38.5 Å². The van der Waals surface area contributed by atoms with Gasteiger partial charge in [0.25, 0.3) is 0 Å². The largest absolute Gasteiger partial charge is 0.340 e. The minimum atomic E-state index is 0.376. The fourth-order valence-corrected chi connectivity index (χ4v) is 3.66. The summed E-state index contributed by atoms with van der Waals surface area (Å²) in [5, 5.41) is 3.48. The molecule has 0 aliphatic carbocycles. The van der Waals surface area contributed by atoms with Crippen molar-refractivity contribution in [2.45, 2.75) is 50.6 Å². The van der Waals surface area contributed by atoms with Gasteiger partial charge >= 0.3 is 0 Å². The van der Waals surface area contributed by atoms with Crippen LogP contribution in [0.3, 0.4) is 0 Å². The highest BCUT2D eigenvalue weighted by atomic mass is 16.2. The number of piperazine rings is 1. The van der Waals surface area contributed by atoms with Gasteiger partial charge in [0.05, 0.1) is 0 Å². The molecule has 1 amide bonds. The van der Waals surface area contributed by atoms with E-state index in [2.05, 4.69) is 15.1 Å². The molecule has 18 heavy (non-hydrogen) atoms. The summed E-state index contributed by atoms with van der Waals surface area (Å²) in [6.45, 7) is 5.35. The van der Waals surface area contributed by atoms with E-state index < -0.39 is 0 Å². The average Bonchev–Trinajstić information content (AvgIpc) is 2.87. The molecule has 2 unspecified atom stereocenters. The van der Waals surface area contributed by atoms with Crippen LogP contribution in [-0.2, 0) is 4.79 Å². The number of nitrogens with zero attached hydrogens (tertiary/aromatic N) is 2. The van der Waals surface area contributed by atoms with Crippen LogP contribution in [0, 0.1) is 0 Å². The van der Waals surface area contributed by atoms with E-state index in [9.17, 15) is 4.79 Å². The molecule has 3 fully saturated rings. The van der Waals surface area contributed by atoms with Crippen molar-refractivity contribution in [2.75, 3.05) is 32.7 Å². The van der Waals surface area contributed by atoms with Gasteiger partial charge in [0, 0.05) is 38.1 Å². The Morgan fingerprint density at radius 3 is 2.89 bits per heavy atom. The number of hydrogen-bond acceptors (Lipinski definition) is 3. The van der Waals surface area contributed by atoms with Crippen LogP contribution < -0.4 is 5.32 Å². The zero-order valence-corrected chi connectivity index (χ0v) is 11.2. The van der Waals surface area contributed by atoms with Gasteiger partial charge in [-0.1, -0.05) is 6.42 Å². The van der Waals surface area contributed by atoms with Gasteiger partial charge in [-0.3, -0.25) is 9.69 Å². The van der Waals surface area contributed by atoms with Crippen LogP contribution in [-0.4, -0.2) is 60.5 Å². The minimum absolute atomic E-state index is 0.376. The van der Waals surface area contributed by atoms with Gasteiger partial charge in [0.2, 0.25) is 5.91 Å². The number of nitrogens with one attached hydrogen (secondary N) is 1. The zero-order chi connectivity index (χ0) is 12.4. The molecule has 3 aliphatic heterocycles. The van der Waals surface area contributed by atoms with Crippen molar-refractivity contribution < 1.29 is 4.79 Å². The molecule has 4 nitrogen and oxygen atoms in total. The highest BCUT2D eigenvalue weighted by Gasteiger charge is 2.32. The Morgan fingerprint density at radius 2 is 2.06 bits per heavy atom. The highest BCUT2D eigenvalue weighted by Crippen LogP contribution is 2.22. The van der Waals surface area contributed by atoms with Gasteiger partial charge < -0.3 is 10.2 Å². The SMILES string of the molecule is O=C(CC1CCCCN1)N1CCN2CCCC2C1. The van der Waals surface area contributed by atoms with Gasteiger partial charge in [-0.2, -0.15) is 0 Å². The molecule has 102 valence electrons. The lowest BCUT2D eigenvalue weighted by Gasteiger charge is -2.38. The van der Waals surface area contributed by atoms with E-state index in [0.29, 0.717) is 24.4 Å². The summed E-state index contributed by atoms with van der Waals surface area (Å²) in [5.41, 5.74) is 0. The van der Waals surface area contributed by atoms with Crippen LogP contribution >= 0.6 is 0 Å². The zero-order valence-electron chi connectivity index (χ0n) is 11.2. The van der Waals surface area contributed by atoms with Gasteiger partial charge in [0.15, 0.2) is 0 Å². The normalized spacial score (nSPS) is 33.4. The second kappa shape index (κ2) is 5.57. The Labute approximate surface area is 110 Å². The van der Waals surface area contributed by atoms with Crippen LogP contribution in [0.2, 0.25) is 0 Å². The Hall–Kier alpha value is -0.610. The highest BCUT2D eigenvalue weighted by molar-refractivity contribution is 5.77. The van der Waals surface area contributed by atoms with Crippen molar-refractivity contribution in [2.24, 2.45) is 0 Å². The Morgan fingerprint density at radius 1 is 1.11 bits per heavy atom. The van der Waals surface area contributed by atoms with Crippen molar-refractivity contribution in [3.8, 4) is 0 Å². The summed E-state index contributed by atoms with van der Waals surface area (Å²) in [6.07, 6.45) is 7.04. The molecule has 0 saturated carbocycles. The number of hydrogen-bond donors (Lipinski definition) is 1. The minimum Gasteiger partial charge on any atom is -0.340 e. The topological polar surface area (TPSA) is 35.6 Å². The summed E-state index contributed by atoms with van der Waals surface area (Å²) in [4.78, 5) is 17.0. The lowest BCUT2D eigenvalue weighted by Crippen LogP contribution is -2.53. The maximum atomic E-state index is 12.3. The second-order valence-corrected chi connectivity index (χ2v) is 6.02. The van der Waals surface area contributed by atoms with E-state index in [1.807, 2.05) is 0 Å². The standard InChI is InChI=1S/C14H25N3O/c18-14(10-12-4-1-2-6-15-12)17-9-8-16-7-3-5-13(16)11-17/h12-13,15H,1-11H2. The van der Waals surface area contributed by atoms with Crippen LogP contribution in [0.15, 0.2) is 0 Å². The Balaban J connectivity index is 1.49. The fraction of sp³-hybridized carbons (Fsp3) is 0.929. The van der Waals surface area contributed by atoms with Crippen LogP contribution in [0.25, 0.3) is 0 Å². The molecule has 0 bridgehead atoms. The predicted molar refractivity (Wildman–Crippen MR) is 71.4 cm³/mol. The summed E-state index contributed by atoms with van der Waals surface area (Å²) >= 11 is 0. The first-order valence-corrected chi connectivity index (χ1v) is 7.58. The quantitative estimate of drug-likeness (QED) is 0.789. The molecule has 0 aromatic rings. The molecule has 3 rings (SSSR count). The van der Waals surface area contributed by atoms with E-state index in [4.69, 9.17) is 0 Å². The first kappa shape index (κ1) is 12.4. The molecule has 3 aliphatic rings. The third-order valence-electron chi connectivity index (χ3n) is 4.77. The number of rotatable bonds is 2. The number of piperidine rings is 1. The third kappa shape index (κ3) is 2.69. The molecule has 0 aromatic heterocycles. The monoisotopic (exact) mass is 251 g/mol. The number of carbonyl (C=O) groups is 1. The molecule has 0 radical (unpaired) electrons. The number of fused-ring (bicyclic) bond motifs is 1. The van der Waals surface area contributed by atoms with Crippen molar-refractivity contribution >= 4 is 5.91 Å². The molecular weight excluding hydrogens is 226 g/mol. The molecule has 3 heterocycles. The van der Waals surface area contributed by atoms with Crippen molar-refractivity contribution in [1.82, 2.24) is 15.1 Å². The van der Waals surface area contributed by atoms with Gasteiger partial charge in [-0.05, 0) is 38.8 Å². The summed E-state index contributed by atoms with van der Waals surface area (Å²) in [6, 6.07) is 1.09. The molecule has 3 saturated heterocycles. The summed E-state index contributed by atoms with van der Waals surface area (Å²) in [7, 11) is 0. The molecule has 0 aromatic carbocycles. The van der Waals surface area contributed by atoms with Gasteiger partial charge in [-0.25, -0.2) is 0 Å². The average molecular weight is 251 g/mol. The van der Waals surface area contributed by atoms with Crippen molar-refractivity contribution in [1.29, 1.82) is 0 Å². The first-order chi connectivity index (χ1) is 8.83. The van der Waals surface area contributed by atoms with Crippen molar-refractivity contribution in [3.63, 3.8) is 0 Å². The molecule has 1 N–H and O–H groups in total. The van der Waals surface area contributed by atoms with Gasteiger partial charge in [0.1, 0.15) is 0 Å². The Bertz CT molecular complexity index is 301. The van der Waals surface area contributed by atoms with E-state index in [0.717, 1.165) is 26.2 Å². The smallest absolute Gasteiger partial charge is 0.224 e. The number of amides is 1. The first-order valence-electron chi connectivity index (χ1n) is 7.58. The maximum Gasteiger partial charge on any atom is 0.224 e. The lowest BCUT2D eigenvalue weighted by atomic mass is 10.0. The van der Waals surface area contributed by atoms with Crippen LogP contribution in [0.4, 0.5) is 0 Å². The summed E-state index contributed by atoms with van der Waals surface area (Å²) in [5.74, 6) is 0.376. The number of carbonyl (C=O) groups excluding carboxylic acids is 1.